The van der Waals surface area contributed by atoms with Crippen molar-refractivity contribution < 1.29 is 0 Å². The third-order valence-corrected chi connectivity index (χ3v) is 3.65. The van der Waals surface area contributed by atoms with Crippen molar-refractivity contribution in [3.05, 3.63) is 35.4 Å². The molecule has 0 aliphatic heterocycles. The van der Waals surface area contributed by atoms with Crippen LogP contribution in [0, 0.1) is 5.92 Å². The van der Waals surface area contributed by atoms with E-state index in [1.807, 2.05) is 0 Å². The monoisotopic (exact) mass is 204 g/mol. The van der Waals surface area contributed by atoms with Crippen molar-refractivity contribution in [3.63, 3.8) is 0 Å². The minimum atomic E-state index is 0.526. The molecule has 0 bridgehead atoms. The lowest BCUT2D eigenvalue weighted by atomic mass is 9.72. The average Bonchev–Trinajstić information content (AvgIpc) is 2.23. The molecule has 1 atom stereocenters. The van der Waals surface area contributed by atoms with Gasteiger partial charge in [0.2, 0.25) is 0 Å². The third kappa shape index (κ3) is 2.06. The summed E-state index contributed by atoms with van der Waals surface area (Å²) in [5, 5.41) is 0. The predicted octanol–water partition coefficient (Wildman–Crippen LogP) is 1.99. The van der Waals surface area contributed by atoms with Crippen molar-refractivity contribution >= 4 is 0 Å². The van der Waals surface area contributed by atoms with E-state index >= 15 is 0 Å². The highest BCUT2D eigenvalue weighted by Crippen LogP contribution is 2.39. The van der Waals surface area contributed by atoms with Crippen LogP contribution in [-0.4, -0.2) is 6.54 Å². The molecule has 0 saturated heterocycles. The summed E-state index contributed by atoms with van der Waals surface area (Å²) in [7, 11) is 0. The Morgan fingerprint density at radius 1 is 1.20 bits per heavy atom. The van der Waals surface area contributed by atoms with Crippen molar-refractivity contribution in [2.45, 2.75) is 31.7 Å². The van der Waals surface area contributed by atoms with Crippen molar-refractivity contribution in [2.75, 3.05) is 6.54 Å². The molecule has 0 aromatic heterocycles. The molecule has 1 unspecified atom stereocenters. The Kier molecular flexibility index (Phi) is 3.39. The molecule has 1 aromatic rings. The topological polar surface area (TPSA) is 52.0 Å². The van der Waals surface area contributed by atoms with E-state index in [4.69, 9.17) is 11.5 Å². The molecular formula is C13H20N2. The molecule has 1 aliphatic carbocycles. The van der Waals surface area contributed by atoms with E-state index in [-0.39, 0.29) is 0 Å². The Morgan fingerprint density at radius 2 is 1.93 bits per heavy atom. The summed E-state index contributed by atoms with van der Waals surface area (Å²) < 4.78 is 0. The first-order valence-electron chi connectivity index (χ1n) is 5.84. The number of hydrogen-bond acceptors (Lipinski definition) is 2. The van der Waals surface area contributed by atoms with Gasteiger partial charge in [-0.3, -0.25) is 0 Å². The van der Waals surface area contributed by atoms with Gasteiger partial charge in [-0.15, -0.1) is 0 Å². The highest BCUT2D eigenvalue weighted by atomic mass is 14.6. The Labute approximate surface area is 91.7 Å². The smallest absolute Gasteiger partial charge is 0.0180 e. The molecule has 2 rings (SSSR count). The number of rotatable bonds is 4. The number of nitrogens with two attached hydrogens (primary N) is 2. The fraction of sp³-hybridized carbons (Fsp3) is 0.538. The van der Waals surface area contributed by atoms with Crippen LogP contribution in [0.3, 0.4) is 0 Å². The Bertz CT molecular complexity index is 318. The second-order valence-electron chi connectivity index (χ2n) is 4.44. The van der Waals surface area contributed by atoms with E-state index in [1.54, 1.807) is 0 Å². The fourth-order valence-corrected chi connectivity index (χ4v) is 2.50. The van der Waals surface area contributed by atoms with Gasteiger partial charge >= 0.3 is 0 Å². The highest BCUT2D eigenvalue weighted by molar-refractivity contribution is 5.31. The van der Waals surface area contributed by atoms with E-state index < -0.39 is 0 Å². The van der Waals surface area contributed by atoms with Crippen molar-refractivity contribution in [1.29, 1.82) is 0 Å². The SMILES string of the molecule is NCc1ccccc1C(CN)C1CCC1. The van der Waals surface area contributed by atoms with Crippen LogP contribution in [0.2, 0.25) is 0 Å². The van der Waals surface area contributed by atoms with E-state index in [0.717, 1.165) is 12.5 Å². The molecular weight excluding hydrogens is 184 g/mol. The van der Waals surface area contributed by atoms with Crippen LogP contribution in [0.1, 0.15) is 36.3 Å². The summed E-state index contributed by atoms with van der Waals surface area (Å²) in [6.45, 7) is 1.38. The van der Waals surface area contributed by atoms with Crippen molar-refractivity contribution in [3.8, 4) is 0 Å². The van der Waals surface area contributed by atoms with Crippen LogP contribution in [0.15, 0.2) is 24.3 Å². The molecule has 4 N–H and O–H groups in total. The number of hydrogen-bond donors (Lipinski definition) is 2. The second-order valence-corrected chi connectivity index (χ2v) is 4.44. The number of benzene rings is 1. The van der Waals surface area contributed by atoms with Gasteiger partial charge in [0.15, 0.2) is 0 Å². The van der Waals surface area contributed by atoms with Crippen LogP contribution in [-0.2, 0) is 6.54 Å². The van der Waals surface area contributed by atoms with Gasteiger partial charge in [-0.05, 0) is 42.3 Å². The molecule has 0 spiro atoms. The summed E-state index contributed by atoms with van der Waals surface area (Å²) >= 11 is 0. The van der Waals surface area contributed by atoms with Crippen LogP contribution in [0.4, 0.5) is 0 Å². The zero-order chi connectivity index (χ0) is 10.7. The Hall–Kier alpha value is -0.860. The van der Waals surface area contributed by atoms with Gasteiger partial charge in [0, 0.05) is 6.54 Å². The maximum Gasteiger partial charge on any atom is 0.0180 e. The van der Waals surface area contributed by atoms with Gasteiger partial charge in [0.1, 0.15) is 0 Å². The van der Waals surface area contributed by atoms with Crippen LogP contribution in [0.5, 0.6) is 0 Å². The Balaban J connectivity index is 2.24. The minimum absolute atomic E-state index is 0.526. The van der Waals surface area contributed by atoms with E-state index in [9.17, 15) is 0 Å². The molecule has 1 saturated carbocycles. The Morgan fingerprint density at radius 3 is 2.47 bits per heavy atom. The molecule has 0 radical (unpaired) electrons. The minimum Gasteiger partial charge on any atom is -0.330 e. The van der Waals surface area contributed by atoms with Crippen LogP contribution in [0.25, 0.3) is 0 Å². The lowest BCUT2D eigenvalue weighted by molar-refractivity contribution is 0.263. The quantitative estimate of drug-likeness (QED) is 0.788. The van der Waals surface area contributed by atoms with E-state index in [0.29, 0.717) is 12.5 Å². The molecule has 0 heterocycles. The van der Waals surface area contributed by atoms with Crippen molar-refractivity contribution in [1.82, 2.24) is 0 Å². The average molecular weight is 204 g/mol. The first-order valence-corrected chi connectivity index (χ1v) is 5.84. The van der Waals surface area contributed by atoms with Gasteiger partial charge in [0.05, 0.1) is 0 Å². The highest BCUT2D eigenvalue weighted by Gasteiger charge is 2.28. The van der Waals surface area contributed by atoms with Crippen LogP contribution >= 0.6 is 0 Å². The molecule has 1 aliphatic rings. The molecule has 2 heteroatoms. The molecule has 82 valence electrons. The standard InChI is InChI=1S/C13H20N2/c14-8-11-4-1-2-7-12(11)13(9-15)10-5-3-6-10/h1-2,4,7,10,13H,3,5-6,8-9,14-15H2. The first kappa shape index (κ1) is 10.7. The van der Waals surface area contributed by atoms with Gasteiger partial charge in [-0.1, -0.05) is 30.7 Å². The third-order valence-electron chi connectivity index (χ3n) is 3.65. The van der Waals surface area contributed by atoms with Gasteiger partial charge in [-0.2, -0.15) is 0 Å². The van der Waals surface area contributed by atoms with Gasteiger partial charge in [-0.25, -0.2) is 0 Å². The normalized spacial score (nSPS) is 18.5. The molecule has 0 amide bonds. The van der Waals surface area contributed by atoms with E-state index in [2.05, 4.69) is 24.3 Å². The van der Waals surface area contributed by atoms with Gasteiger partial charge in [0.25, 0.3) is 0 Å². The summed E-state index contributed by atoms with van der Waals surface area (Å²) in [6.07, 6.45) is 4.04. The van der Waals surface area contributed by atoms with Crippen molar-refractivity contribution in [2.24, 2.45) is 17.4 Å². The van der Waals surface area contributed by atoms with Crippen LogP contribution < -0.4 is 11.5 Å². The maximum absolute atomic E-state index is 5.90. The first-order chi connectivity index (χ1) is 7.36. The summed E-state index contributed by atoms with van der Waals surface area (Å²) in [6, 6.07) is 8.46. The second kappa shape index (κ2) is 4.77. The fourth-order valence-electron chi connectivity index (χ4n) is 2.50. The predicted molar refractivity (Wildman–Crippen MR) is 63.5 cm³/mol. The zero-order valence-electron chi connectivity index (χ0n) is 9.15. The summed E-state index contributed by atoms with van der Waals surface area (Å²) in [5.41, 5.74) is 14.3. The molecule has 1 fully saturated rings. The lowest BCUT2D eigenvalue weighted by Gasteiger charge is -2.34. The lowest BCUT2D eigenvalue weighted by Crippen LogP contribution is -2.27. The molecule has 15 heavy (non-hydrogen) atoms. The van der Waals surface area contributed by atoms with Gasteiger partial charge < -0.3 is 11.5 Å². The summed E-state index contributed by atoms with van der Waals surface area (Å²) in [5.74, 6) is 1.32. The van der Waals surface area contributed by atoms with E-state index in [1.165, 1.54) is 30.4 Å². The molecule has 2 nitrogen and oxygen atoms in total. The zero-order valence-corrected chi connectivity index (χ0v) is 9.15. The maximum atomic E-state index is 5.90. The summed E-state index contributed by atoms with van der Waals surface area (Å²) in [4.78, 5) is 0. The largest absolute Gasteiger partial charge is 0.330 e. The molecule has 1 aromatic carbocycles.